The van der Waals surface area contributed by atoms with Gasteiger partial charge in [-0.25, -0.2) is 0 Å². The van der Waals surface area contributed by atoms with E-state index in [1.807, 2.05) is 24.3 Å². The summed E-state index contributed by atoms with van der Waals surface area (Å²) in [5.41, 5.74) is 6.79. The van der Waals surface area contributed by atoms with Crippen molar-refractivity contribution in [1.82, 2.24) is 0 Å². The zero-order chi connectivity index (χ0) is 12.3. The molecule has 17 heavy (non-hydrogen) atoms. The summed E-state index contributed by atoms with van der Waals surface area (Å²) in [6.07, 6.45) is 3.81. The molecule has 0 saturated heterocycles. The summed E-state index contributed by atoms with van der Waals surface area (Å²) in [7, 11) is 0. The Labute approximate surface area is 110 Å². The third kappa shape index (κ3) is 3.54. The van der Waals surface area contributed by atoms with Crippen LogP contribution in [0.4, 0.5) is 5.69 Å². The molecule has 1 aliphatic carbocycles. The predicted octanol–water partition coefficient (Wildman–Crippen LogP) is 2.91. The third-order valence-electron chi connectivity index (χ3n) is 3.27. The zero-order valence-corrected chi connectivity index (χ0v) is 11.2. The highest BCUT2D eigenvalue weighted by atomic mass is 79.9. The molecule has 2 atom stereocenters. The van der Waals surface area contributed by atoms with Crippen LogP contribution in [0, 0.1) is 5.92 Å². The predicted molar refractivity (Wildman–Crippen MR) is 72.7 cm³/mol. The Morgan fingerprint density at radius 1 is 1.47 bits per heavy atom. The SMILES string of the molecule is N[C@@H]1CCC[C@H]1CC(=O)Nc1cccc(Br)c1. The number of hydrogen-bond donors (Lipinski definition) is 2. The van der Waals surface area contributed by atoms with Crippen molar-refractivity contribution in [2.45, 2.75) is 31.7 Å². The number of anilines is 1. The van der Waals surface area contributed by atoms with Crippen molar-refractivity contribution in [2.75, 3.05) is 5.32 Å². The van der Waals surface area contributed by atoms with Gasteiger partial charge in [0.2, 0.25) is 5.91 Å². The van der Waals surface area contributed by atoms with Gasteiger partial charge in [-0.05, 0) is 37.0 Å². The largest absolute Gasteiger partial charge is 0.327 e. The molecule has 3 nitrogen and oxygen atoms in total. The van der Waals surface area contributed by atoms with E-state index in [4.69, 9.17) is 5.73 Å². The number of nitrogens with one attached hydrogen (secondary N) is 1. The first-order valence-electron chi connectivity index (χ1n) is 5.96. The Morgan fingerprint density at radius 3 is 2.94 bits per heavy atom. The van der Waals surface area contributed by atoms with Crippen molar-refractivity contribution in [2.24, 2.45) is 11.7 Å². The minimum atomic E-state index is 0.0606. The van der Waals surface area contributed by atoms with Crippen LogP contribution in [0.1, 0.15) is 25.7 Å². The number of hydrogen-bond acceptors (Lipinski definition) is 2. The van der Waals surface area contributed by atoms with Crippen molar-refractivity contribution in [1.29, 1.82) is 0 Å². The number of carbonyl (C=O) groups is 1. The Bertz CT molecular complexity index is 408. The van der Waals surface area contributed by atoms with Crippen LogP contribution in [0.5, 0.6) is 0 Å². The van der Waals surface area contributed by atoms with Crippen LogP contribution in [0.3, 0.4) is 0 Å². The van der Waals surface area contributed by atoms with Crippen molar-refractivity contribution in [3.63, 3.8) is 0 Å². The molecule has 1 aliphatic rings. The second-order valence-corrected chi connectivity index (χ2v) is 5.53. The fourth-order valence-electron chi connectivity index (χ4n) is 2.34. The summed E-state index contributed by atoms with van der Waals surface area (Å²) in [6, 6.07) is 7.82. The molecular formula is C13H17BrN2O. The quantitative estimate of drug-likeness (QED) is 0.901. The smallest absolute Gasteiger partial charge is 0.224 e. The van der Waals surface area contributed by atoms with E-state index in [1.165, 1.54) is 0 Å². The molecule has 92 valence electrons. The molecular weight excluding hydrogens is 280 g/mol. The number of benzene rings is 1. The van der Waals surface area contributed by atoms with Gasteiger partial charge in [-0.3, -0.25) is 4.79 Å². The van der Waals surface area contributed by atoms with E-state index in [0.29, 0.717) is 12.3 Å². The van der Waals surface area contributed by atoms with Gasteiger partial charge in [-0.15, -0.1) is 0 Å². The second-order valence-electron chi connectivity index (χ2n) is 4.62. The number of halogens is 1. The van der Waals surface area contributed by atoms with Crippen molar-refractivity contribution >= 4 is 27.5 Å². The van der Waals surface area contributed by atoms with Crippen LogP contribution >= 0.6 is 15.9 Å². The lowest BCUT2D eigenvalue weighted by Gasteiger charge is -2.14. The van der Waals surface area contributed by atoms with Gasteiger partial charge in [0, 0.05) is 22.6 Å². The maximum Gasteiger partial charge on any atom is 0.224 e. The van der Waals surface area contributed by atoms with Crippen LogP contribution in [0.25, 0.3) is 0 Å². The average molecular weight is 297 g/mol. The maximum absolute atomic E-state index is 11.8. The lowest BCUT2D eigenvalue weighted by Crippen LogP contribution is -2.28. The topological polar surface area (TPSA) is 55.1 Å². The minimum absolute atomic E-state index is 0.0606. The highest BCUT2D eigenvalue weighted by Crippen LogP contribution is 2.27. The van der Waals surface area contributed by atoms with Gasteiger partial charge in [-0.2, -0.15) is 0 Å². The molecule has 0 aliphatic heterocycles. The number of carbonyl (C=O) groups excluding carboxylic acids is 1. The average Bonchev–Trinajstić information content (AvgIpc) is 2.64. The summed E-state index contributed by atoms with van der Waals surface area (Å²) in [5, 5.41) is 2.91. The monoisotopic (exact) mass is 296 g/mol. The number of amides is 1. The van der Waals surface area contributed by atoms with Crippen molar-refractivity contribution in [3.05, 3.63) is 28.7 Å². The van der Waals surface area contributed by atoms with Gasteiger partial charge in [0.25, 0.3) is 0 Å². The summed E-state index contributed by atoms with van der Waals surface area (Å²) in [4.78, 5) is 11.8. The lowest BCUT2D eigenvalue weighted by atomic mass is 10.00. The molecule has 1 amide bonds. The highest BCUT2D eigenvalue weighted by Gasteiger charge is 2.25. The maximum atomic E-state index is 11.8. The highest BCUT2D eigenvalue weighted by molar-refractivity contribution is 9.10. The zero-order valence-electron chi connectivity index (χ0n) is 9.66. The Kier molecular flexibility index (Phi) is 4.18. The summed E-state index contributed by atoms with van der Waals surface area (Å²) in [6.45, 7) is 0. The first-order chi connectivity index (χ1) is 8.15. The molecule has 1 fully saturated rings. The summed E-state index contributed by atoms with van der Waals surface area (Å²) in [5.74, 6) is 0.410. The first kappa shape index (κ1) is 12.6. The summed E-state index contributed by atoms with van der Waals surface area (Å²) >= 11 is 3.38. The van der Waals surface area contributed by atoms with Crippen LogP contribution in [0.15, 0.2) is 28.7 Å². The van der Waals surface area contributed by atoms with Gasteiger partial charge in [-0.1, -0.05) is 28.4 Å². The standard InChI is InChI=1S/C13H17BrN2O/c14-10-4-2-5-11(8-10)16-13(17)7-9-3-1-6-12(9)15/h2,4-5,8-9,12H,1,3,6-7,15H2,(H,16,17)/t9-,12+/m0/s1. The van der Waals surface area contributed by atoms with E-state index >= 15 is 0 Å². The molecule has 1 aromatic carbocycles. The lowest BCUT2D eigenvalue weighted by molar-refractivity contribution is -0.117. The van der Waals surface area contributed by atoms with Crippen LogP contribution in [0.2, 0.25) is 0 Å². The fraction of sp³-hybridized carbons (Fsp3) is 0.462. The molecule has 0 spiro atoms. The van der Waals surface area contributed by atoms with E-state index < -0.39 is 0 Å². The van der Waals surface area contributed by atoms with Crippen molar-refractivity contribution < 1.29 is 4.79 Å². The first-order valence-corrected chi connectivity index (χ1v) is 6.75. The van der Waals surface area contributed by atoms with Crippen LogP contribution < -0.4 is 11.1 Å². The van der Waals surface area contributed by atoms with E-state index in [-0.39, 0.29) is 11.9 Å². The van der Waals surface area contributed by atoms with E-state index in [0.717, 1.165) is 29.4 Å². The summed E-state index contributed by atoms with van der Waals surface area (Å²) < 4.78 is 0.966. The van der Waals surface area contributed by atoms with E-state index in [9.17, 15) is 4.79 Å². The molecule has 0 radical (unpaired) electrons. The van der Waals surface area contributed by atoms with Crippen LogP contribution in [-0.2, 0) is 4.79 Å². The van der Waals surface area contributed by atoms with Crippen LogP contribution in [-0.4, -0.2) is 11.9 Å². The molecule has 0 unspecified atom stereocenters. The molecule has 0 bridgehead atoms. The number of nitrogens with two attached hydrogens (primary N) is 1. The molecule has 0 aromatic heterocycles. The Balaban J connectivity index is 1.89. The Morgan fingerprint density at radius 2 is 2.29 bits per heavy atom. The molecule has 0 heterocycles. The molecule has 1 saturated carbocycles. The minimum Gasteiger partial charge on any atom is -0.327 e. The van der Waals surface area contributed by atoms with E-state index in [1.54, 1.807) is 0 Å². The molecule has 1 aromatic rings. The Hall–Kier alpha value is -0.870. The van der Waals surface area contributed by atoms with Gasteiger partial charge < -0.3 is 11.1 Å². The van der Waals surface area contributed by atoms with Gasteiger partial charge in [0.1, 0.15) is 0 Å². The normalized spacial score (nSPS) is 23.6. The second kappa shape index (κ2) is 5.65. The van der Waals surface area contributed by atoms with Crippen molar-refractivity contribution in [3.8, 4) is 0 Å². The van der Waals surface area contributed by atoms with E-state index in [2.05, 4.69) is 21.2 Å². The molecule has 2 rings (SSSR count). The van der Waals surface area contributed by atoms with Gasteiger partial charge in [0.15, 0.2) is 0 Å². The van der Waals surface area contributed by atoms with Gasteiger partial charge >= 0.3 is 0 Å². The molecule has 3 N–H and O–H groups in total. The van der Waals surface area contributed by atoms with Gasteiger partial charge in [0.05, 0.1) is 0 Å². The number of rotatable bonds is 3. The third-order valence-corrected chi connectivity index (χ3v) is 3.77. The fourth-order valence-corrected chi connectivity index (χ4v) is 2.73. The molecule has 4 heteroatoms.